The molecule has 0 saturated carbocycles. The minimum Gasteiger partial charge on any atom is -0.350 e. The van der Waals surface area contributed by atoms with E-state index in [0.717, 1.165) is 18.0 Å². The number of nitrogens with zero attached hydrogens (tertiary/aromatic N) is 2. The number of amides is 3. The van der Waals surface area contributed by atoms with Gasteiger partial charge in [-0.1, -0.05) is 36.4 Å². The van der Waals surface area contributed by atoms with Gasteiger partial charge in [-0.3, -0.25) is 4.79 Å². The van der Waals surface area contributed by atoms with Crippen molar-refractivity contribution in [1.29, 1.82) is 0 Å². The number of halogens is 8. The Morgan fingerprint density at radius 1 is 0.974 bits per heavy atom. The van der Waals surface area contributed by atoms with Gasteiger partial charge in [-0.2, -0.15) is 26.3 Å². The minimum atomic E-state index is -6.30. The van der Waals surface area contributed by atoms with Gasteiger partial charge in [0.25, 0.3) is 5.91 Å². The molecule has 2 aromatic carbocycles. The van der Waals surface area contributed by atoms with Crippen molar-refractivity contribution in [3.05, 3.63) is 75.4 Å². The van der Waals surface area contributed by atoms with E-state index in [9.17, 15) is 40.3 Å². The zero-order valence-corrected chi connectivity index (χ0v) is 21.7. The molecule has 0 aliphatic carbocycles. The van der Waals surface area contributed by atoms with Crippen molar-refractivity contribution in [1.82, 2.24) is 10.3 Å². The van der Waals surface area contributed by atoms with Gasteiger partial charge in [0.05, 0.1) is 11.3 Å². The molecule has 0 spiro atoms. The van der Waals surface area contributed by atoms with E-state index < -0.39 is 41.6 Å². The minimum absolute atomic E-state index is 0.0523. The van der Waals surface area contributed by atoms with Crippen LogP contribution < -0.4 is 16.1 Å². The van der Waals surface area contributed by atoms with E-state index in [0.29, 0.717) is 17.8 Å². The lowest BCUT2D eigenvalue weighted by Crippen LogP contribution is -2.50. The third kappa shape index (κ3) is 4.93. The molecule has 38 heavy (non-hydrogen) atoms. The van der Waals surface area contributed by atoms with Gasteiger partial charge >= 0.3 is 24.1 Å². The second kappa shape index (κ2) is 10.1. The van der Waals surface area contributed by atoms with Crippen LogP contribution in [0.25, 0.3) is 0 Å². The lowest BCUT2D eigenvalue weighted by atomic mass is 9.88. The Balaban J connectivity index is 2.26. The maximum Gasteiger partial charge on any atom is 0.435 e. The van der Waals surface area contributed by atoms with Crippen LogP contribution in [-0.4, -0.2) is 35.3 Å². The highest BCUT2D eigenvalue weighted by atomic mass is 79.9. The van der Waals surface area contributed by atoms with Crippen LogP contribution in [-0.2, 0) is 10.5 Å². The number of anilines is 1. The van der Waals surface area contributed by atoms with Gasteiger partial charge in [0, 0.05) is 11.6 Å². The number of hydrogen-bond donors (Lipinski definition) is 2. The SMILES string of the molecule is Cc1cc(C(F)(C(F)(F)F)C(F)(F)F)ccc1C1C(C(=O)NC(C)C)=C(Br)N(c2ccccc2)N1C(N)=O. The number of para-hydroxylation sites is 1. The van der Waals surface area contributed by atoms with Crippen LogP contribution in [0.3, 0.4) is 0 Å². The average molecular weight is 611 g/mol. The number of carbonyl (C=O) groups excluding carboxylic acids is 2. The summed E-state index contributed by atoms with van der Waals surface area (Å²) in [6.07, 6.45) is -12.6. The lowest BCUT2D eigenvalue weighted by Gasteiger charge is -2.34. The predicted octanol–water partition coefficient (Wildman–Crippen LogP) is 6.27. The average Bonchev–Trinajstić information content (AvgIpc) is 3.10. The largest absolute Gasteiger partial charge is 0.435 e. The first-order valence-corrected chi connectivity index (χ1v) is 11.8. The van der Waals surface area contributed by atoms with Crippen molar-refractivity contribution in [2.45, 2.75) is 50.9 Å². The maximum atomic E-state index is 14.7. The highest BCUT2D eigenvalue weighted by Crippen LogP contribution is 2.54. The monoisotopic (exact) mass is 610 g/mol. The van der Waals surface area contributed by atoms with Crippen LogP contribution in [0.5, 0.6) is 0 Å². The van der Waals surface area contributed by atoms with E-state index in [1.165, 1.54) is 5.01 Å². The summed E-state index contributed by atoms with van der Waals surface area (Å²) in [5, 5.41) is 4.83. The second-order valence-corrected chi connectivity index (χ2v) is 9.54. The summed E-state index contributed by atoms with van der Waals surface area (Å²) in [4.78, 5) is 25.9. The summed E-state index contributed by atoms with van der Waals surface area (Å²) >= 11 is 3.31. The first-order valence-electron chi connectivity index (χ1n) is 11.0. The van der Waals surface area contributed by atoms with E-state index in [1.807, 2.05) is 0 Å². The quantitative estimate of drug-likeness (QED) is 0.309. The zero-order valence-electron chi connectivity index (χ0n) is 20.1. The highest BCUT2D eigenvalue weighted by molar-refractivity contribution is 9.11. The summed E-state index contributed by atoms with van der Waals surface area (Å²) in [6, 6.07) is 6.80. The Morgan fingerprint density at radius 2 is 1.53 bits per heavy atom. The fourth-order valence-corrected chi connectivity index (χ4v) is 4.89. The lowest BCUT2D eigenvalue weighted by molar-refractivity contribution is -0.348. The summed E-state index contributed by atoms with van der Waals surface area (Å²) in [5.74, 6) is -0.685. The Hall–Kier alpha value is -3.29. The Kier molecular flexibility index (Phi) is 7.79. The number of urea groups is 1. The number of benzene rings is 2. The zero-order chi connectivity index (χ0) is 28.8. The number of hydrazine groups is 1. The first-order chi connectivity index (χ1) is 17.4. The number of aryl methyl sites for hydroxylation is 1. The van der Waals surface area contributed by atoms with Crippen molar-refractivity contribution >= 4 is 33.6 Å². The molecule has 1 unspecified atom stereocenters. The molecule has 3 N–H and O–H groups in total. The molecule has 3 amide bonds. The standard InChI is InChI=1S/C24H22BrF7N4O2/c1-12(2)34-20(37)17-18(36(21(33)38)35(19(17)25)15-7-5-4-6-8-15)16-10-9-14(11-13(16)3)22(26,23(27,28)29)24(30,31)32/h4-12,18H,1-3H3,(H2,33,38)(H,34,37). The number of hydrogen-bond acceptors (Lipinski definition) is 3. The molecule has 2 aromatic rings. The van der Waals surface area contributed by atoms with Crippen LogP contribution >= 0.6 is 15.9 Å². The molecule has 3 rings (SSSR count). The van der Waals surface area contributed by atoms with Gasteiger partial charge in [-0.25, -0.2) is 19.2 Å². The highest BCUT2D eigenvalue weighted by Gasteiger charge is 2.73. The van der Waals surface area contributed by atoms with Crippen molar-refractivity contribution in [2.75, 3.05) is 5.01 Å². The molecule has 0 fully saturated rings. The van der Waals surface area contributed by atoms with Gasteiger partial charge in [0.15, 0.2) is 0 Å². The van der Waals surface area contributed by atoms with Gasteiger partial charge in [-0.15, -0.1) is 0 Å². The van der Waals surface area contributed by atoms with Crippen LogP contribution in [0.1, 0.15) is 36.6 Å². The maximum absolute atomic E-state index is 14.7. The molecule has 0 saturated heterocycles. The number of carbonyl (C=O) groups is 2. The van der Waals surface area contributed by atoms with Gasteiger partial charge in [-0.05, 0) is 60.0 Å². The second-order valence-electron chi connectivity index (χ2n) is 8.79. The molecule has 1 heterocycles. The summed E-state index contributed by atoms with van der Waals surface area (Å²) in [7, 11) is 0. The van der Waals surface area contributed by atoms with Gasteiger partial charge < -0.3 is 11.1 Å². The Labute approximate surface area is 221 Å². The predicted molar refractivity (Wildman–Crippen MR) is 128 cm³/mol. The van der Waals surface area contributed by atoms with Gasteiger partial charge in [0.2, 0.25) is 0 Å². The molecule has 14 heteroatoms. The van der Waals surface area contributed by atoms with E-state index in [-0.39, 0.29) is 27.3 Å². The molecule has 1 aliphatic heterocycles. The van der Waals surface area contributed by atoms with Crippen molar-refractivity contribution < 1.29 is 40.3 Å². The molecule has 0 aromatic heterocycles. The van der Waals surface area contributed by atoms with Crippen molar-refractivity contribution in [2.24, 2.45) is 5.73 Å². The fourth-order valence-electron chi connectivity index (χ4n) is 4.12. The third-order valence-corrected chi connectivity index (χ3v) is 6.54. The molecular formula is C24H22BrF7N4O2. The molecule has 1 aliphatic rings. The first kappa shape index (κ1) is 29.3. The van der Waals surface area contributed by atoms with Gasteiger partial charge in [0.1, 0.15) is 10.6 Å². The van der Waals surface area contributed by atoms with Crippen molar-refractivity contribution in [3.8, 4) is 0 Å². The van der Waals surface area contributed by atoms with Crippen LogP contribution in [0.2, 0.25) is 0 Å². The number of nitrogens with two attached hydrogens (primary N) is 1. The molecule has 1 atom stereocenters. The number of primary amides is 1. The van der Waals surface area contributed by atoms with E-state index in [2.05, 4.69) is 21.2 Å². The molecule has 206 valence electrons. The summed E-state index contributed by atoms with van der Waals surface area (Å²) < 4.78 is 94.7. The van der Waals surface area contributed by atoms with Crippen molar-refractivity contribution in [3.63, 3.8) is 0 Å². The summed E-state index contributed by atoms with van der Waals surface area (Å²) in [5.41, 5.74) is -1.73. The molecule has 6 nitrogen and oxygen atoms in total. The molecule has 0 radical (unpaired) electrons. The topological polar surface area (TPSA) is 78.7 Å². The van der Waals surface area contributed by atoms with Crippen LogP contribution in [0, 0.1) is 6.92 Å². The summed E-state index contributed by atoms with van der Waals surface area (Å²) in [6.45, 7) is 4.46. The number of rotatable bonds is 5. The van der Waals surface area contributed by atoms with E-state index >= 15 is 0 Å². The van der Waals surface area contributed by atoms with E-state index in [4.69, 9.17) is 5.73 Å². The van der Waals surface area contributed by atoms with E-state index in [1.54, 1.807) is 44.2 Å². The third-order valence-electron chi connectivity index (χ3n) is 5.78. The Morgan fingerprint density at radius 3 is 1.97 bits per heavy atom. The normalized spacial score (nSPS) is 16.9. The molecular weight excluding hydrogens is 589 g/mol. The fraction of sp³-hybridized carbons (Fsp3) is 0.333. The van der Waals surface area contributed by atoms with Crippen LogP contribution in [0.15, 0.2) is 58.7 Å². The van der Waals surface area contributed by atoms with Crippen LogP contribution in [0.4, 0.5) is 41.2 Å². The Bertz CT molecular complexity index is 1250. The number of nitrogens with one attached hydrogen (secondary N) is 1. The number of alkyl halides is 7. The molecule has 0 bridgehead atoms. The smallest absolute Gasteiger partial charge is 0.350 e.